The summed E-state index contributed by atoms with van der Waals surface area (Å²) in [6, 6.07) is 7.91. The Hall–Kier alpha value is -1.77. The van der Waals surface area contributed by atoms with Crippen LogP contribution in [0.3, 0.4) is 0 Å². The third-order valence-corrected chi connectivity index (χ3v) is 5.17. The zero-order chi connectivity index (χ0) is 18.0. The van der Waals surface area contributed by atoms with Crippen LogP contribution in [0.5, 0.6) is 0 Å². The van der Waals surface area contributed by atoms with Crippen molar-refractivity contribution in [1.29, 1.82) is 0 Å². The molecule has 1 heterocycles. The molecule has 0 aromatic heterocycles. The molecule has 2 aromatic rings. The molecule has 132 valence electrons. The van der Waals surface area contributed by atoms with Crippen molar-refractivity contribution in [2.75, 3.05) is 24.5 Å². The minimum Gasteiger partial charge on any atom is -0.371 e. The molecule has 1 saturated heterocycles. The molecular weight excluding hydrogens is 444 g/mol. The summed E-state index contributed by atoms with van der Waals surface area (Å²) in [4.78, 5) is 14.2. The van der Waals surface area contributed by atoms with Crippen LogP contribution >= 0.6 is 22.6 Å². The van der Waals surface area contributed by atoms with E-state index in [4.69, 9.17) is 0 Å². The van der Waals surface area contributed by atoms with E-state index in [2.05, 4.69) is 5.32 Å². The lowest BCUT2D eigenvalue weighted by Gasteiger charge is -2.19. The number of rotatable bonds is 4. The highest BCUT2D eigenvalue weighted by molar-refractivity contribution is 14.1. The second kappa shape index (κ2) is 7.63. The maximum atomic E-state index is 13.4. The summed E-state index contributed by atoms with van der Waals surface area (Å²) in [5.74, 6) is -2.12. The van der Waals surface area contributed by atoms with Crippen LogP contribution < -0.4 is 10.2 Å². The molecule has 0 radical (unpaired) electrons. The number of amides is 1. The van der Waals surface area contributed by atoms with Crippen LogP contribution in [-0.2, 0) is 0 Å². The van der Waals surface area contributed by atoms with Crippen LogP contribution in [0.4, 0.5) is 18.9 Å². The van der Waals surface area contributed by atoms with Crippen molar-refractivity contribution in [1.82, 2.24) is 5.32 Å². The summed E-state index contributed by atoms with van der Waals surface area (Å²) in [7, 11) is 0. The van der Waals surface area contributed by atoms with E-state index in [0.29, 0.717) is 27.9 Å². The summed E-state index contributed by atoms with van der Waals surface area (Å²) in [6.07, 6.45) is 0.847. The van der Waals surface area contributed by atoms with E-state index >= 15 is 0 Å². The van der Waals surface area contributed by atoms with Crippen LogP contribution in [-0.4, -0.2) is 25.5 Å². The Morgan fingerprint density at radius 1 is 1.16 bits per heavy atom. The van der Waals surface area contributed by atoms with Crippen LogP contribution in [0.15, 0.2) is 36.4 Å². The molecule has 3 nitrogen and oxygen atoms in total. The van der Waals surface area contributed by atoms with E-state index in [1.807, 2.05) is 27.5 Å². The standard InChI is InChI=1S/C18H16F3IN2O/c19-12-1-3-14(17(22)7-12)18(25)23-9-11-5-6-24(10-11)13-2-4-15(20)16(21)8-13/h1-4,7-8,11H,5-6,9-10H2,(H,23,25). The minimum absolute atomic E-state index is 0.218. The van der Waals surface area contributed by atoms with Gasteiger partial charge in [0, 0.05) is 35.0 Å². The highest BCUT2D eigenvalue weighted by atomic mass is 127. The topological polar surface area (TPSA) is 32.3 Å². The third kappa shape index (κ3) is 4.26. The van der Waals surface area contributed by atoms with Crippen molar-refractivity contribution in [2.45, 2.75) is 6.42 Å². The monoisotopic (exact) mass is 460 g/mol. The van der Waals surface area contributed by atoms with Crippen molar-refractivity contribution in [3.63, 3.8) is 0 Å². The molecule has 3 rings (SSSR count). The van der Waals surface area contributed by atoms with Gasteiger partial charge >= 0.3 is 0 Å². The minimum atomic E-state index is -0.861. The lowest BCUT2D eigenvalue weighted by atomic mass is 10.1. The van der Waals surface area contributed by atoms with Crippen LogP contribution in [0, 0.1) is 26.9 Å². The maximum absolute atomic E-state index is 13.4. The van der Waals surface area contributed by atoms with Gasteiger partial charge in [-0.05, 0) is 65.3 Å². The van der Waals surface area contributed by atoms with Gasteiger partial charge in [-0.3, -0.25) is 4.79 Å². The number of anilines is 1. The van der Waals surface area contributed by atoms with Gasteiger partial charge in [0.25, 0.3) is 5.91 Å². The highest BCUT2D eigenvalue weighted by Crippen LogP contribution is 2.25. The highest BCUT2D eigenvalue weighted by Gasteiger charge is 2.24. The Balaban J connectivity index is 1.56. The molecule has 1 aliphatic rings. The molecule has 1 amide bonds. The SMILES string of the molecule is O=C(NCC1CCN(c2ccc(F)c(F)c2)C1)c1ccc(F)cc1I. The van der Waals surface area contributed by atoms with Gasteiger partial charge < -0.3 is 10.2 Å². The summed E-state index contributed by atoms with van der Waals surface area (Å²) in [5, 5.41) is 2.87. The first-order valence-corrected chi connectivity index (χ1v) is 8.95. The Morgan fingerprint density at radius 3 is 2.68 bits per heavy atom. The molecule has 25 heavy (non-hydrogen) atoms. The van der Waals surface area contributed by atoms with E-state index in [1.165, 1.54) is 24.3 Å². The van der Waals surface area contributed by atoms with Crippen LogP contribution in [0.25, 0.3) is 0 Å². The molecule has 7 heteroatoms. The van der Waals surface area contributed by atoms with E-state index < -0.39 is 11.6 Å². The van der Waals surface area contributed by atoms with Gasteiger partial charge in [-0.1, -0.05) is 0 Å². The first-order valence-electron chi connectivity index (χ1n) is 7.87. The predicted molar refractivity (Wildman–Crippen MR) is 98.1 cm³/mol. The molecule has 0 aliphatic carbocycles. The summed E-state index contributed by atoms with van der Waals surface area (Å²) in [5.41, 5.74) is 1.08. The molecule has 1 N–H and O–H groups in total. The Labute approximate surface area is 157 Å². The van der Waals surface area contributed by atoms with Crippen molar-refractivity contribution >= 4 is 34.2 Å². The number of carbonyl (C=O) groups excluding carboxylic acids is 1. The number of nitrogens with one attached hydrogen (secondary N) is 1. The molecule has 1 fully saturated rings. The molecule has 1 aliphatic heterocycles. The van der Waals surface area contributed by atoms with Crippen molar-refractivity contribution in [2.24, 2.45) is 5.92 Å². The molecular formula is C18H16F3IN2O. The number of carbonyl (C=O) groups is 1. The van der Waals surface area contributed by atoms with E-state index in [9.17, 15) is 18.0 Å². The van der Waals surface area contributed by atoms with Crippen LogP contribution in [0.2, 0.25) is 0 Å². The second-order valence-corrected chi connectivity index (χ2v) is 7.20. The summed E-state index contributed by atoms with van der Waals surface area (Å²) in [6.45, 7) is 1.86. The van der Waals surface area contributed by atoms with Crippen molar-refractivity contribution in [3.8, 4) is 0 Å². The maximum Gasteiger partial charge on any atom is 0.252 e. The Bertz CT molecular complexity index is 800. The quantitative estimate of drug-likeness (QED) is 0.701. The average Bonchev–Trinajstić information content (AvgIpc) is 3.04. The molecule has 1 unspecified atom stereocenters. The molecule has 0 spiro atoms. The fourth-order valence-corrected chi connectivity index (χ4v) is 3.64. The first-order chi connectivity index (χ1) is 11.9. The molecule has 2 aromatic carbocycles. The molecule has 0 bridgehead atoms. The predicted octanol–water partition coefficient (Wildman–Crippen LogP) is 3.96. The van der Waals surface area contributed by atoms with E-state index in [-0.39, 0.29) is 17.6 Å². The van der Waals surface area contributed by atoms with Gasteiger partial charge in [0.15, 0.2) is 11.6 Å². The Kier molecular flexibility index (Phi) is 5.51. The van der Waals surface area contributed by atoms with Gasteiger partial charge in [-0.15, -0.1) is 0 Å². The zero-order valence-corrected chi connectivity index (χ0v) is 15.4. The fraction of sp³-hybridized carbons (Fsp3) is 0.278. The summed E-state index contributed by atoms with van der Waals surface area (Å²) < 4.78 is 40.0. The smallest absolute Gasteiger partial charge is 0.252 e. The average molecular weight is 460 g/mol. The van der Waals surface area contributed by atoms with Crippen molar-refractivity contribution < 1.29 is 18.0 Å². The largest absolute Gasteiger partial charge is 0.371 e. The number of hydrogen-bond acceptors (Lipinski definition) is 2. The fourth-order valence-electron chi connectivity index (χ4n) is 2.92. The van der Waals surface area contributed by atoms with Crippen LogP contribution in [0.1, 0.15) is 16.8 Å². The summed E-state index contributed by atoms with van der Waals surface area (Å²) >= 11 is 1.93. The number of nitrogens with zero attached hydrogens (tertiary/aromatic N) is 1. The third-order valence-electron chi connectivity index (χ3n) is 4.28. The van der Waals surface area contributed by atoms with E-state index in [1.54, 1.807) is 6.07 Å². The first kappa shape index (κ1) is 18.0. The number of benzene rings is 2. The van der Waals surface area contributed by atoms with Gasteiger partial charge in [-0.25, -0.2) is 13.2 Å². The van der Waals surface area contributed by atoms with Gasteiger partial charge in [-0.2, -0.15) is 0 Å². The van der Waals surface area contributed by atoms with Gasteiger partial charge in [0.2, 0.25) is 0 Å². The normalized spacial score (nSPS) is 17.0. The lowest BCUT2D eigenvalue weighted by Crippen LogP contribution is -2.31. The van der Waals surface area contributed by atoms with Crippen molar-refractivity contribution in [3.05, 3.63) is 63.0 Å². The zero-order valence-electron chi connectivity index (χ0n) is 13.2. The second-order valence-electron chi connectivity index (χ2n) is 6.03. The molecule has 0 saturated carbocycles. The van der Waals surface area contributed by atoms with Gasteiger partial charge in [0.05, 0.1) is 5.56 Å². The number of halogens is 4. The lowest BCUT2D eigenvalue weighted by molar-refractivity contribution is 0.0947. The Morgan fingerprint density at radius 2 is 1.96 bits per heavy atom. The van der Waals surface area contributed by atoms with Gasteiger partial charge in [0.1, 0.15) is 5.82 Å². The van der Waals surface area contributed by atoms with E-state index in [0.717, 1.165) is 19.0 Å². The molecule has 1 atom stereocenters. The number of hydrogen-bond donors (Lipinski definition) is 1.